The summed E-state index contributed by atoms with van der Waals surface area (Å²) in [5.41, 5.74) is 10.2. The first-order valence-electron chi connectivity index (χ1n) is 7.82. The van der Waals surface area contributed by atoms with Crippen LogP contribution in [-0.2, 0) is 11.2 Å². The van der Waals surface area contributed by atoms with Gasteiger partial charge in [-0.1, -0.05) is 49.7 Å². The van der Waals surface area contributed by atoms with Gasteiger partial charge in [0, 0.05) is 5.69 Å². The SMILES string of the molecule is CCCCc1cc(NC(=O)C(N)c2ccccc2)ccc1C. The summed E-state index contributed by atoms with van der Waals surface area (Å²) in [6, 6.07) is 14.8. The summed E-state index contributed by atoms with van der Waals surface area (Å²) in [6.07, 6.45) is 3.35. The van der Waals surface area contributed by atoms with Crippen molar-refractivity contribution in [2.45, 2.75) is 39.2 Å². The first kappa shape index (κ1) is 16.2. The Bertz CT molecular complexity index is 623. The molecule has 3 heteroatoms. The van der Waals surface area contributed by atoms with Gasteiger partial charge in [0.25, 0.3) is 0 Å². The third-order valence-corrected chi connectivity index (χ3v) is 3.86. The van der Waals surface area contributed by atoms with Gasteiger partial charge in [0.1, 0.15) is 6.04 Å². The summed E-state index contributed by atoms with van der Waals surface area (Å²) < 4.78 is 0. The number of nitrogens with two attached hydrogens (primary N) is 1. The van der Waals surface area contributed by atoms with Crippen molar-refractivity contribution in [1.29, 1.82) is 0 Å². The fraction of sp³-hybridized carbons (Fsp3) is 0.316. The molecule has 0 saturated heterocycles. The van der Waals surface area contributed by atoms with E-state index in [0.29, 0.717) is 0 Å². The fourth-order valence-electron chi connectivity index (χ4n) is 2.42. The number of anilines is 1. The van der Waals surface area contributed by atoms with Gasteiger partial charge in [-0.3, -0.25) is 4.79 Å². The van der Waals surface area contributed by atoms with Gasteiger partial charge in [-0.05, 0) is 48.6 Å². The van der Waals surface area contributed by atoms with E-state index in [1.807, 2.05) is 36.4 Å². The Kier molecular flexibility index (Phi) is 5.73. The molecule has 2 aromatic carbocycles. The van der Waals surface area contributed by atoms with Crippen molar-refractivity contribution >= 4 is 11.6 Å². The first-order chi connectivity index (χ1) is 10.6. The minimum Gasteiger partial charge on any atom is -0.324 e. The van der Waals surface area contributed by atoms with E-state index in [4.69, 9.17) is 5.73 Å². The molecular formula is C19H24N2O. The summed E-state index contributed by atoms with van der Waals surface area (Å²) in [4.78, 5) is 12.3. The summed E-state index contributed by atoms with van der Waals surface area (Å²) in [6.45, 7) is 4.28. The fourth-order valence-corrected chi connectivity index (χ4v) is 2.42. The van der Waals surface area contributed by atoms with Crippen LogP contribution in [0.4, 0.5) is 5.69 Å². The van der Waals surface area contributed by atoms with Gasteiger partial charge in [0.2, 0.25) is 5.91 Å². The van der Waals surface area contributed by atoms with Crippen molar-refractivity contribution in [3.8, 4) is 0 Å². The molecule has 0 radical (unpaired) electrons. The molecule has 0 fully saturated rings. The zero-order chi connectivity index (χ0) is 15.9. The van der Waals surface area contributed by atoms with E-state index in [0.717, 1.165) is 30.5 Å². The molecule has 0 aromatic heterocycles. The van der Waals surface area contributed by atoms with E-state index in [2.05, 4.69) is 31.3 Å². The van der Waals surface area contributed by atoms with Crippen LogP contribution in [0.15, 0.2) is 48.5 Å². The minimum absolute atomic E-state index is 0.184. The van der Waals surface area contributed by atoms with Crippen LogP contribution in [-0.4, -0.2) is 5.91 Å². The molecule has 0 saturated carbocycles. The number of unbranched alkanes of at least 4 members (excludes halogenated alkanes) is 1. The summed E-state index contributed by atoms with van der Waals surface area (Å²) in [5, 5.41) is 2.92. The van der Waals surface area contributed by atoms with Crippen LogP contribution in [0.1, 0.15) is 42.5 Å². The van der Waals surface area contributed by atoms with Crippen LogP contribution >= 0.6 is 0 Å². The van der Waals surface area contributed by atoms with E-state index in [9.17, 15) is 4.79 Å². The average molecular weight is 296 g/mol. The quantitative estimate of drug-likeness (QED) is 0.847. The molecule has 0 aliphatic rings. The molecule has 1 amide bonds. The highest BCUT2D eigenvalue weighted by molar-refractivity contribution is 5.95. The van der Waals surface area contributed by atoms with Gasteiger partial charge in [-0.15, -0.1) is 0 Å². The lowest BCUT2D eigenvalue weighted by molar-refractivity contribution is -0.117. The standard InChI is InChI=1S/C19H24N2O/c1-3-4-8-16-13-17(12-11-14(16)2)21-19(22)18(20)15-9-6-5-7-10-15/h5-7,9-13,18H,3-4,8,20H2,1-2H3,(H,21,22). The molecule has 22 heavy (non-hydrogen) atoms. The van der Waals surface area contributed by atoms with Gasteiger partial charge < -0.3 is 11.1 Å². The molecule has 2 aromatic rings. The van der Waals surface area contributed by atoms with Crippen molar-refractivity contribution in [3.63, 3.8) is 0 Å². The molecule has 2 rings (SSSR count). The molecule has 1 unspecified atom stereocenters. The van der Waals surface area contributed by atoms with Gasteiger partial charge in [0.05, 0.1) is 0 Å². The zero-order valence-corrected chi connectivity index (χ0v) is 13.3. The number of nitrogens with one attached hydrogen (secondary N) is 1. The molecule has 0 bridgehead atoms. The van der Waals surface area contributed by atoms with E-state index in [1.54, 1.807) is 0 Å². The third kappa shape index (κ3) is 4.18. The number of carbonyl (C=O) groups excluding carboxylic acids is 1. The maximum atomic E-state index is 12.3. The molecule has 3 N–H and O–H groups in total. The van der Waals surface area contributed by atoms with Crippen LogP contribution in [0.2, 0.25) is 0 Å². The predicted molar refractivity (Wildman–Crippen MR) is 91.8 cm³/mol. The number of hydrogen-bond acceptors (Lipinski definition) is 2. The van der Waals surface area contributed by atoms with Crippen LogP contribution < -0.4 is 11.1 Å². The van der Waals surface area contributed by atoms with Crippen molar-refractivity contribution in [3.05, 3.63) is 65.2 Å². The van der Waals surface area contributed by atoms with Crippen molar-refractivity contribution in [1.82, 2.24) is 0 Å². The lowest BCUT2D eigenvalue weighted by atomic mass is 10.0. The van der Waals surface area contributed by atoms with Crippen LogP contribution in [0.3, 0.4) is 0 Å². The average Bonchev–Trinajstić information content (AvgIpc) is 2.55. The van der Waals surface area contributed by atoms with Gasteiger partial charge in [0.15, 0.2) is 0 Å². The lowest BCUT2D eigenvalue weighted by Gasteiger charge is -2.14. The number of benzene rings is 2. The Morgan fingerprint density at radius 1 is 1.18 bits per heavy atom. The first-order valence-corrected chi connectivity index (χ1v) is 7.82. The minimum atomic E-state index is -0.651. The monoisotopic (exact) mass is 296 g/mol. The second-order valence-corrected chi connectivity index (χ2v) is 5.62. The molecule has 0 aliphatic heterocycles. The molecule has 0 spiro atoms. The van der Waals surface area contributed by atoms with Crippen LogP contribution in [0, 0.1) is 6.92 Å². The summed E-state index contributed by atoms with van der Waals surface area (Å²) >= 11 is 0. The van der Waals surface area contributed by atoms with Crippen LogP contribution in [0.25, 0.3) is 0 Å². The van der Waals surface area contributed by atoms with E-state index >= 15 is 0 Å². The van der Waals surface area contributed by atoms with Gasteiger partial charge in [-0.2, -0.15) is 0 Å². The van der Waals surface area contributed by atoms with E-state index < -0.39 is 6.04 Å². The summed E-state index contributed by atoms with van der Waals surface area (Å²) in [5.74, 6) is -0.184. The van der Waals surface area contributed by atoms with E-state index in [-0.39, 0.29) is 5.91 Å². The highest BCUT2D eigenvalue weighted by Crippen LogP contribution is 2.19. The maximum Gasteiger partial charge on any atom is 0.245 e. The lowest BCUT2D eigenvalue weighted by Crippen LogP contribution is -2.27. The molecule has 1 atom stereocenters. The number of rotatable bonds is 6. The normalized spacial score (nSPS) is 12.0. The van der Waals surface area contributed by atoms with Crippen molar-refractivity contribution < 1.29 is 4.79 Å². The smallest absolute Gasteiger partial charge is 0.245 e. The van der Waals surface area contributed by atoms with Crippen molar-refractivity contribution in [2.24, 2.45) is 5.73 Å². The molecule has 116 valence electrons. The summed E-state index contributed by atoms with van der Waals surface area (Å²) in [7, 11) is 0. The highest BCUT2D eigenvalue weighted by atomic mass is 16.2. The number of aryl methyl sites for hydroxylation is 2. The second kappa shape index (κ2) is 7.76. The van der Waals surface area contributed by atoms with Crippen molar-refractivity contribution in [2.75, 3.05) is 5.32 Å². The van der Waals surface area contributed by atoms with Crippen LogP contribution in [0.5, 0.6) is 0 Å². The third-order valence-electron chi connectivity index (χ3n) is 3.86. The molecule has 0 aliphatic carbocycles. The Labute approximate surface area is 132 Å². The Morgan fingerprint density at radius 3 is 2.59 bits per heavy atom. The molecular weight excluding hydrogens is 272 g/mol. The molecule has 3 nitrogen and oxygen atoms in total. The number of carbonyl (C=O) groups is 1. The Morgan fingerprint density at radius 2 is 1.91 bits per heavy atom. The van der Waals surface area contributed by atoms with Gasteiger partial charge in [-0.25, -0.2) is 0 Å². The Balaban J connectivity index is 2.08. The zero-order valence-electron chi connectivity index (χ0n) is 13.3. The largest absolute Gasteiger partial charge is 0.324 e. The Hall–Kier alpha value is -2.13. The van der Waals surface area contributed by atoms with Gasteiger partial charge >= 0.3 is 0 Å². The topological polar surface area (TPSA) is 55.1 Å². The number of amides is 1. The predicted octanol–water partition coefficient (Wildman–Crippen LogP) is 3.98. The highest BCUT2D eigenvalue weighted by Gasteiger charge is 2.15. The van der Waals surface area contributed by atoms with E-state index in [1.165, 1.54) is 11.1 Å². The molecule has 0 heterocycles. The second-order valence-electron chi connectivity index (χ2n) is 5.62. The maximum absolute atomic E-state index is 12.3. The number of hydrogen-bond donors (Lipinski definition) is 2.